The Morgan fingerprint density at radius 2 is 1.77 bits per heavy atom. The SMILES string of the molecule is Nc1ccccc1CNc1nc(Cl)nc2c1ncn2Cc1ccccc1. The van der Waals surface area contributed by atoms with E-state index in [2.05, 4.69) is 32.4 Å². The highest BCUT2D eigenvalue weighted by Gasteiger charge is 2.13. The topological polar surface area (TPSA) is 81.7 Å². The Kier molecular flexibility index (Phi) is 4.41. The molecule has 4 aromatic rings. The predicted molar refractivity (Wildman–Crippen MR) is 104 cm³/mol. The molecule has 2 heterocycles. The maximum Gasteiger partial charge on any atom is 0.226 e. The summed E-state index contributed by atoms with van der Waals surface area (Å²) in [7, 11) is 0. The van der Waals surface area contributed by atoms with E-state index < -0.39 is 0 Å². The molecule has 0 aliphatic heterocycles. The van der Waals surface area contributed by atoms with Crippen LogP contribution >= 0.6 is 11.6 Å². The zero-order valence-corrected chi connectivity index (χ0v) is 14.7. The summed E-state index contributed by atoms with van der Waals surface area (Å²) in [5, 5.41) is 3.45. The molecule has 0 spiro atoms. The molecule has 0 amide bonds. The highest BCUT2D eigenvalue weighted by molar-refractivity contribution is 6.28. The predicted octanol–water partition coefficient (Wildman–Crippen LogP) is 3.72. The third-order valence-corrected chi connectivity index (χ3v) is 4.30. The van der Waals surface area contributed by atoms with Crippen LogP contribution in [0.25, 0.3) is 11.2 Å². The second kappa shape index (κ2) is 7.01. The molecule has 0 bridgehead atoms. The molecular weight excluding hydrogens is 348 g/mol. The van der Waals surface area contributed by atoms with Crippen LogP contribution < -0.4 is 11.1 Å². The van der Waals surface area contributed by atoms with Crippen LogP contribution in [0.15, 0.2) is 60.9 Å². The Hall–Kier alpha value is -3.12. The van der Waals surface area contributed by atoms with Gasteiger partial charge in [0.2, 0.25) is 5.28 Å². The van der Waals surface area contributed by atoms with E-state index >= 15 is 0 Å². The monoisotopic (exact) mass is 364 g/mol. The number of hydrogen-bond donors (Lipinski definition) is 2. The molecule has 0 atom stereocenters. The van der Waals surface area contributed by atoms with Crippen molar-refractivity contribution in [2.45, 2.75) is 13.1 Å². The molecule has 6 nitrogen and oxygen atoms in total. The molecule has 2 aromatic heterocycles. The van der Waals surface area contributed by atoms with Crippen LogP contribution in [-0.2, 0) is 13.1 Å². The van der Waals surface area contributed by atoms with Gasteiger partial charge in [0.1, 0.15) is 0 Å². The van der Waals surface area contributed by atoms with Crippen molar-refractivity contribution in [3.63, 3.8) is 0 Å². The standard InChI is InChI=1S/C19H17ClN6/c20-19-24-17(22-10-14-8-4-5-9-15(14)21)16-18(25-19)26(12-23-16)11-13-6-2-1-3-7-13/h1-9,12H,10-11,21H2,(H,22,24,25). The van der Waals surface area contributed by atoms with Gasteiger partial charge in [-0.15, -0.1) is 0 Å². The van der Waals surface area contributed by atoms with Crippen molar-refractivity contribution in [3.8, 4) is 0 Å². The maximum absolute atomic E-state index is 6.14. The molecule has 0 aliphatic carbocycles. The molecule has 0 radical (unpaired) electrons. The van der Waals surface area contributed by atoms with E-state index in [0.717, 1.165) is 16.8 Å². The molecule has 3 N–H and O–H groups in total. The van der Waals surface area contributed by atoms with Crippen molar-refractivity contribution in [3.05, 3.63) is 77.3 Å². The minimum Gasteiger partial charge on any atom is -0.398 e. The molecule has 4 rings (SSSR count). The first-order valence-electron chi connectivity index (χ1n) is 8.20. The Morgan fingerprint density at radius 3 is 2.58 bits per heavy atom. The van der Waals surface area contributed by atoms with Crippen molar-refractivity contribution in [1.29, 1.82) is 0 Å². The van der Waals surface area contributed by atoms with Crippen LogP contribution in [0.3, 0.4) is 0 Å². The zero-order valence-electron chi connectivity index (χ0n) is 13.9. The highest BCUT2D eigenvalue weighted by Crippen LogP contribution is 2.23. The van der Waals surface area contributed by atoms with E-state index in [0.29, 0.717) is 30.1 Å². The number of halogens is 1. The molecule has 2 aromatic carbocycles. The first-order chi connectivity index (χ1) is 12.7. The van der Waals surface area contributed by atoms with Gasteiger partial charge in [0.15, 0.2) is 17.0 Å². The van der Waals surface area contributed by atoms with Crippen molar-refractivity contribution in [1.82, 2.24) is 19.5 Å². The lowest BCUT2D eigenvalue weighted by atomic mass is 10.2. The highest BCUT2D eigenvalue weighted by atomic mass is 35.5. The van der Waals surface area contributed by atoms with E-state index in [9.17, 15) is 0 Å². The molecular formula is C19H17ClN6. The lowest BCUT2D eigenvalue weighted by molar-refractivity contribution is 0.813. The van der Waals surface area contributed by atoms with Crippen molar-refractivity contribution < 1.29 is 0 Å². The van der Waals surface area contributed by atoms with E-state index in [1.807, 2.05) is 47.0 Å². The Labute approximate surface area is 155 Å². The molecule has 0 saturated heterocycles. The van der Waals surface area contributed by atoms with Gasteiger partial charge in [-0.25, -0.2) is 4.98 Å². The van der Waals surface area contributed by atoms with Crippen molar-refractivity contribution in [2.24, 2.45) is 0 Å². The first-order valence-corrected chi connectivity index (χ1v) is 8.58. The summed E-state index contributed by atoms with van der Waals surface area (Å²) in [5.41, 5.74) is 10.2. The number of nitrogens with zero attached hydrogens (tertiary/aromatic N) is 4. The van der Waals surface area contributed by atoms with Crippen LogP contribution in [-0.4, -0.2) is 19.5 Å². The van der Waals surface area contributed by atoms with E-state index in [-0.39, 0.29) is 5.28 Å². The third kappa shape index (κ3) is 3.32. The van der Waals surface area contributed by atoms with Crippen molar-refractivity contribution >= 4 is 34.3 Å². The smallest absolute Gasteiger partial charge is 0.226 e. The summed E-state index contributed by atoms with van der Waals surface area (Å²) in [6.45, 7) is 1.19. The molecule has 130 valence electrons. The number of anilines is 2. The van der Waals surface area contributed by atoms with Crippen LogP contribution in [0.2, 0.25) is 5.28 Å². The van der Waals surface area contributed by atoms with Gasteiger partial charge in [-0.05, 0) is 28.8 Å². The van der Waals surface area contributed by atoms with E-state index in [1.54, 1.807) is 6.33 Å². The molecule has 0 unspecified atom stereocenters. The number of para-hydroxylation sites is 1. The largest absolute Gasteiger partial charge is 0.398 e. The van der Waals surface area contributed by atoms with Crippen LogP contribution in [0, 0.1) is 0 Å². The minimum absolute atomic E-state index is 0.177. The molecule has 0 aliphatic rings. The minimum atomic E-state index is 0.177. The van der Waals surface area contributed by atoms with Gasteiger partial charge < -0.3 is 15.6 Å². The van der Waals surface area contributed by atoms with Gasteiger partial charge in [0.05, 0.1) is 12.9 Å². The zero-order chi connectivity index (χ0) is 17.9. The number of nitrogen functional groups attached to an aromatic ring is 1. The van der Waals surface area contributed by atoms with Gasteiger partial charge >= 0.3 is 0 Å². The Morgan fingerprint density at radius 1 is 1.00 bits per heavy atom. The maximum atomic E-state index is 6.14. The quantitative estimate of drug-likeness (QED) is 0.416. The van der Waals surface area contributed by atoms with Gasteiger partial charge in [-0.1, -0.05) is 48.5 Å². The number of rotatable bonds is 5. The fourth-order valence-corrected chi connectivity index (χ4v) is 2.98. The molecule has 7 heteroatoms. The second-order valence-corrected chi connectivity index (χ2v) is 6.26. The molecule has 0 saturated carbocycles. The first kappa shape index (κ1) is 16.4. The van der Waals surface area contributed by atoms with Gasteiger partial charge in [0, 0.05) is 12.2 Å². The van der Waals surface area contributed by atoms with Crippen molar-refractivity contribution in [2.75, 3.05) is 11.1 Å². The van der Waals surface area contributed by atoms with Gasteiger partial charge in [-0.2, -0.15) is 9.97 Å². The number of aromatic nitrogens is 4. The second-order valence-electron chi connectivity index (χ2n) is 5.92. The summed E-state index contributed by atoms with van der Waals surface area (Å²) in [4.78, 5) is 13.1. The Balaban J connectivity index is 1.64. The molecule has 26 heavy (non-hydrogen) atoms. The number of nitrogens with two attached hydrogens (primary N) is 1. The number of benzene rings is 2. The fraction of sp³-hybridized carbons (Fsp3) is 0.105. The van der Waals surface area contributed by atoms with Gasteiger partial charge in [0.25, 0.3) is 0 Å². The third-order valence-electron chi connectivity index (χ3n) is 4.13. The lowest BCUT2D eigenvalue weighted by Crippen LogP contribution is -2.06. The summed E-state index contributed by atoms with van der Waals surface area (Å²) in [5.74, 6) is 0.593. The normalized spacial score (nSPS) is 11.0. The lowest BCUT2D eigenvalue weighted by Gasteiger charge is -2.09. The Bertz CT molecular complexity index is 1040. The number of nitrogens with one attached hydrogen (secondary N) is 1. The fourth-order valence-electron chi connectivity index (χ4n) is 2.81. The summed E-state index contributed by atoms with van der Waals surface area (Å²) in [6, 6.07) is 17.8. The van der Waals surface area contributed by atoms with Crippen LogP contribution in [0.5, 0.6) is 0 Å². The average molecular weight is 365 g/mol. The number of imidazole rings is 1. The number of hydrogen-bond acceptors (Lipinski definition) is 5. The van der Waals surface area contributed by atoms with Gasteiger partial charge in [-0.3, -0.25) is 0 Å². The van der Waals surface area contributed by atoms with E-state index in [1.165, 1.54) is 0 Å². The summed E-state index contributed by atoms with van der Waals surface area (Å²) in [6.07, 6.45) is 1.75. The molecule has 0 fully saturated rings. The van der Waals surface area contributed by atoms with Crippen LogP contribution in [0.4, 0.5) is 11.5 Å². The summed E-state index contributed by atoms with van der Waals surface area (Å²) < 4.78 is 1.96. The summed E-state index contributed by atoms with van der Waals surface area (Å²) >= 11 is 6.14. The number of fused-ring (bicyclic) bond motifs is 1. The van der Waals surface area contributed by atoms with E-state index in [4.69, 9.17) is 17.3 Å². The van der Waals surface area contributed by atoms with Crippen LogP contribution in [0.1, 0.15) is 11.1 Å². The average Bonchev–Trinajstić information content (AvgIpc) is 3.04.